The van der Waals surface area contributed by atoms with Crippen molar-refractivity contribution in [2.24, 2.45) is 0 Å². The number of hydrogen-bond donors (Lipinski definition) is 4. The number of aliphatic hydroxyl groups excluding tert-OH is 1. The summed E-state index contributed by atoms with van der Waals surface area (Å²) in [6.45, 7) is -0.0733. The van der Waals surface area contributed by atoms with Crippen LogP contribution in [0.3, 0.4) is 0 Å². The molecular formula is C20H23N7O. The van der Waals surface area contributed by atoms with Crippen LogP contribution in [0.15, 0.2) is 30.5 Å². The van der Waals surface area contributed by atoms with Crippen LogP contribution in [0, 0.1) is 0 Å². The van der Waals surface area contributed by atoms with Gasteiger partial charge in [-0.3, -0.25) is 15.0 Å². The number of H-pyrrole nitrogens is 1. The Labute approximate surface area is 162 Å². The summed E-state index contributed by atoms with van der Waals surface area (Å²) in [5.41, 5.74) is 1.55. The van der Waals surface area contributed by atoms with Gasteiger partial charge in [-0.05, 0) is 37.8 Å². The minimum absolute atomic E-state index is 0.0733. The topological polar surface area (TPSA) is 102 Å². The van der Waals surface area contributed by atoms with Crippen LogP contribution in [-0.2, 0) is 6.61 Å². The van der Waals surface area contributed by atoms with E-state index in [4.69, 9.17) is 4.98 Å². The van der Waals surface area contributed by atoms with Crippen molar-refractivity contribution in [2.75, 3.05) is 10.6 Å². The van der Waals surface area contributed by atoms with Crippen molar-refractivity contribution in [1.82, 2.24) is 25.1 Å². The van der Waals surface area contributed by atoms with E-state index in [0.717, 1.165) is 34.8 Å². The third kappa shape index (κ3) is 2.56. The van der Waals surface area contributed by atoms with Gasteiger partial charge in [0.25, 0.3) is 0 Å². The molecule has 4 N–H and O–H groups in total. The molecule has 3 saturated heterocycles. The summed E-state index contributed by atoms with van der Waals surface area (Å²) >= 11 is 0. The van der Waals surface area contributed by atoms with Gasteiger partial charge in [0.05, 0.1) is 17.8 Å². The molecular weight excluding hydrogens is 354 g/mol. The number of nitrogens with zero attached hydrogens (tertiary/aromatic N) is 4. The van der Waals surface area contributed by atoms with Crippen molar-refractivity contribution < 1.29 is 5.11 Å². The van der Waals surface area contributed by atoms with Crippen LogP contribution in [0.5, 0.6) is 0 Å². The third-order valence-electron chi connectivity index (χ3n) is 6.46. The number of fused-ring (bicyclic) bond motifs is 1. The Morgan fingerprint density at radius 2 is 1.93 bits per heavy atom. The molecule has 3 aromatic heterocycles. The van der Waals surface area contributed by atoms with Gasteiger partial charge in [0.1, 0.15) is 11.6 Å². The Bertz CT molecular complexity index is 1020. The number of rotatable bonds is 5. The molecule has 3 fully saturated rings. The molecule has 6 heterocycles. The first kappa shape index (κ1) is 16.3. The third-order valence-corrected chi connectivity index (χ3v) is 6.46. The summed E-state index contributed by atoms with van der Waals surface area (Å²) in [7, 11) is 0. The number of aromatic amines is 1. The van der Waals surface area contributed by atoms with Gasteiger partial charge in [0.2, 0.25) is 0 Å². The van der Waals surface area contributed by atoms with Crippen LogP contribution in [0.1, 0.15) is 31.4 Å². The second-order valence-electron chi connectivity index (χ2n) is 8.18. The normalized spacial score (nSPS) is 28.3. The van der Waals surface area contributed by atoms with E-state index in [1.165, 1.54) is 25.7 Å². The Morgan fingerprint density at radius 1 is 1.11 bits per heavy atom. The Morgan fingerprint density at radius 3 is 2.68 bits per heavy atom. The standard InChI is InChI=1S/C20H23N7O/c28-10-12-6-19(26-25-12)23-18-9-17-16(2-1-3-21-17)20(24-18)22-11-4-13-7-15-8-14(5-11)27(13)15/h1-3,6,9,11,13-15,28H,4-5,7-8,10H2,(H3,22,23,24,25,26)/t11-,13+,14-,15?. The average molecular weight is 377 g/mol. The molecule has 3 aromatic rings. The monoisotopic (exact) mass is 377 g/mol. The minimum atomic E-state index is -0.0733. The molecule has 0 saturated carbocycles. The van der Waals surface area contributed by atoms with Crippen molar-refractivity contribution in [1.29, 1.82) is 0 Å². The predicted octanol–water partition coefficient (Wildman–Crippen LogP) is 2.38. The average Bonchev–Trinajstić information content (AvgIpc) is 3.11. The molecule has 0 aromatic carbocycles. The fraction of sp³-hybridized carbons (Fsp3) is 0.450. The van der Waals surface area contributed by atoms with Gasteiger partial charge >= 0.3 is 0 Å². The highest BCUT2D eigenvalue weighted by Crippen LogP contribution is 2.49. The minimum Gasteiger partial charge on any atom is -0.390 e. The van der Waals surface area contributed by atoms with E-state index in [0.29, 0.717) is 23.4 Å². The van der Waals surface area contributed by atoms with Crippen molar-refractivity contribution in [2.45, 2.75) is 56.5 Å². The molecule has 0 amide bonds. The van der Waals surface area contributed by atoms with Crippen LogP contribution < -0.4 is 10.6 Å². The van der Waals surface area contributed by atoms with Gasteiger partial charge in [-0.2, -0.15) is 5.10 Å². The largest absolute Gasteiger partial charge is 0.390 e. The lowest BCUT2D eigenvalue weighted by atomic mass is 9.68. The van der Waals surface area contributed by atoms with E-state index in [-0.39, 0.29) is 6.61 Å². The summed E-state index contributed by atoms with van der Waals surface area (Å²) < 4.78 is 0. The molecule has 3 aliphatic heterocycles. The van der Waals surface area contributed by atoms with E-state index < -0.39 is 0 Å². The van der Waals surface area contributed by atoms with Crippen molar-refractivity contribution >= 4 is 28.4 Å². The Kier molecular flexibility index (Phi) is 3.57. The van der Waals surface area contributed by atoms with Gasteiger partial charge in [0, 0.05) is 47.9 Å². The van der Waals surface area contributed by atoms with Gasteiger partial charge in [-0.1, -0.05) is 0 Å². The van der Waals surface area contributed by atoms with Crippen LogP contribution >= 0.6 is 0 Å². The fourth-order valence-corrected chi connectivity index (χ4v) is 5.22. The molecule has 3 aliphatic rings. The van der Waals surface area contributed by atoms with Gasteiger partial charge < -0.3 is 15.7 Å². The molecule has 1 unspecified atom stereocenters. The van der Waals surface area contributed by atoms with Crippen molar-refractivity contribution in [3.05, 3.63) is 36.2 Å². The lowest BCUT2D eigenvalue weighted by Gasteiger charge is -2.66. The molecule has 0 bridgehead atoms. The highest BCUT2D eigenvalue weighted by atomic mass is 16.3. The number of aromatic nitrogens is 4. The smallest absolute Gasteiger partial charge is 0.153 e. The number of aliphatic hydroxyl groups is 1. The lowest BCUT2D eigenvalue weighted by Crippen LogP contribution is -2.73. The molecule has 0 aliphatic carbocycles. The van der Waals surface area contributed by atoms with E-state index in [1.54, 1.807) is 12.3 Å². The number of pyridine rings is 2. The second kappa shape index (κ2) is 6.15. The highest BCUT2D eigenvalue weighted by molar-refractivity contribution is 5.91. The number of piperidine rings is 2. The van der Waals surface area contributed by atoms with Gasteiger partial charge in [0.15, 0.2) is 5.82 Å². The SMILES string of the molecule is OCc1cc(Nc2cc3ncccc3c(N[C@@H]3C[C@H]4CC5C[C@@H](C3)N54)n2)n[nH]1. The van der Waals surface area contributed by atoms with Gasteiger partial charge in [-0.25, -0.2) is 4.98 Å². The first-order chi connectivity index (χ1) is 13.8. The van der Waals surface area contributed by atoms with E-state index >= 15 is 0 Å². The maximum atomic E-state index is 9.22. The van der Waals surface area contributed by atoms with Crippen molar-refractivity contribution in [3.63, 3.8) is 0 Å². The fourth-order valence-electron chi connectivity index (χ4n) is 5.22. The summed E-state index contributed by atoms with van der Waals surface area (Å²) in [5.74, 6) is 2.19. The molecule has 6 rings (SSSR count). The molecule has 4 atom stereocenters. The first-order valence-corrected chi connectivity index (χ1v) is 9.99. The number of anilines is 3. The van der Waals surface area contributed by atoms with Crippen LogP contribution in [0.2, 0.25) is 0 Å². The highest BCUT2D eigenvalue weighted by Gasteiger charge is 2.54. The first-order valence-electron chi connectivity index (χ1n) is 9.99. The molecule has 28 heavy (non-hydrogen) atoms. The van der Waals surface area contributed by atoms with Crippen LogP contribution in [0.4, 0.5) is 17.5 Å². The Balaban J connectivity index is 1.29. The number of hydrogen-bond acceptors (Lipinski definition) is 7. The van der Waals surface area contributed by atoms with Crippen LogP contribution in [-0.4, -0.2) is 54.3 Å². The quantitative estimate of drug-likeness (QED) is 0.541. The van der Waals surface area contributed by atoms with E-state index in [1.807, 2.05) is 12.1 Å². The van der Waals surface area contributed by atoms with E-state index in [2.05, 4.69) is 36.8 Å². The molecule has 144 valence electrons. The zero-order chi connectivity index (χ0) is 18.7. The molecule has 8 nitrogen and oxygen atoms in total. The van der Waals surface area contributed by atoms with Crippen molar-refractivity contribution in [3.8, 4) is 0 Å². The molecule has 0 spiro atoms. The zero-order valence-electron chi connectivity index (χ0n) is 15.5. The van der Waals surface area contributed by atoms with Crippen LogP contribution in [0.25, 0.3) is 10.9 Å². The second-order valence-corrected chi connectivity index (χ2v) is 8.18. The maximum Gasteiger partial charge on any atom is 0.153 e. The molecule has 8 heteroatoms. The molecule has 0 radical (unpaired) electrons. The zero-order valence-corrected chi connectivity index (χ0v) is 15.5. The summed E-state index contributed by atoms with van der Waals surface area (Å²) in [5, 5.41) is 24.1. The Hall–Kier alpha value is -2.71. The van der Waals surface area contributed by atoms with E-state index in [9.17, 15) is 5.11 Å². The predicted molar refractivity (Wildman–Crippen MR) is 106 cm³/mol. The summed E-state index contributed by atoms with van der Waals surface area (Å²) in [6.07, 6.45) is 6.90. The maximum absolute atomic E-state index is 9.22. The number of nitrogens with one attached hydrogen (secondary N) is 3. The summed E-state index contributed by atoms with van der Waals surface area (Å²) in [6, 6.07) is 10.6. The lowest BCUT2D eigenvalue weighted by molar-refractivity contribution is -0.146. The van der Waals surface area contributed by atoms with Gasteiger partial charge in [-0.15, -0.1) is 0 Å². The summed E-state index contributed by atoms with van der Waals surface area (Å²) in [4.78, 5) is 12.1.